The lowest BCUT2D eigenvalue weighted by Crippen LogP contribution is -2.42. The van der Waals surface area contributed by atoms with E-state index in [1.165, 1.54) is 0 Å². The van der Waals surface area contributed by atoms with E-state index in [4.69, 9.17) is 16.3 Å². The first-order chi connectivity index (χ1) is 11.2. The van der Waals surface area contributed by atoms with Gasteiger partial charge in [0.25, 0.3) is 0 Å². The van der Waals surface area contributed by atoms with Crippen molar-refractivity contribution in [1.82, 2.24) is 4.90 Å². The highest BCUT2D eigenvalue weighted by molar-refractivity contribution is 8.00. The number of amides is 1. The lowest BCUT2D eigenvalue weighted by atomic mass is 10.1. The summed E-state index contributed by atoms with van der Waals surface area (Å²) < 4.78 is 5.39. The van der Waals surface area contributed by atoms with Crippen molar-refractivity contribution in [2.24, 2.45) is 0 Å². The van der Waals surface area contributed by atoms with Gasteiger partial charge in [-0.2, -0.15) is 0 Å². The van der Waals surface area contributed by atoms with Crippen molar-refractivity contribution in [3.05, 3.63) is 23.2 Å². The molecule has 0 unspecified atom stereocenters. The highest BCUT2D eigenvalue weighted by atomic mass is 35.5. The Balaban J connectivity index is 0.00000139. The molecule has 0 aromatic heterocycles. The summed E-state index contributed by atoms with van der Waals surface area (Å²) in [5, 5.41) is 10.4. The second-order valence-electron chi connectivity index (χ2n) is 6.40. The molecule has 0 radical (unpaired) electrons. The minimum atomic E-state index is -0.456. The van der Waals surface area contributed by atoms with E-state index in [1.54, 1.807) is 28.8 Å². The van der Waals surface area contributed by atoms with Crippen LogP contribution in [0.1, 0.15) is 47.5 Å². The summed E-state index contributed by atoms with van der Waals surface area (Å²) in [5.74, 6) is 0.175. The first kappa shape index (κ1) is 21.0. The van der Waals surface area contributed by atoms with Crippen LogP contribution in [0.5, 0.6) is 5.75 Å². The molecule has 4 nitrogen and oxygen atoms in total. The monoisotopic (exact) mass is 373 g/mol. The van der Waals surface area contributed by atoms with Gasteiger partial charge in [0.05, 0.1) is 5.02 Å². The van der Waals surface area contributed by atoms with Gasteiger partial charge in [0.15, 0.2) is 0 Å². The van der Waals surface area contributed by atoms with Crippen molar-refractivity contribution in [1.29, 1.82) is 0 Å². The number of thioether (sulfide) groups is 1. The number of carbonyl (C=O) groups excluding carboxylic acids is 1. The minimum Gasteiger partial charge on any atom is -0.508 e. The molecule has 1 amide bonds. The number of piperidine rings is 1. The van der Waals surface area contributed by atoms with E-state index in [0.717, 1.165) is 17.7 Å². The lowest BCUT2D eigenvalue weighted by Gasteiger charge is -2.33. The predicted octanol–water partition coefficient (Wildman–Crippen LogP) is 5.56. The number of hydrogen-bond acceptors (Lipinski definition) is 4. The molecule has 1 heterocycles. The zero-order chi connectivity index (χ0) is 18.3. The molecule has 1 aliphatic rings. The topological polar surface area (TPSA) is 49.8 Å². The summed E-state index contributed by atoms with van der Waals surface area (Å²) in [6.07, 6.45) is 1.57. The zero-order valence-electron chi connectivity index (χ0n) is 15.1. The van der Waals surface area contributed by atoms with Crippen molar-refractivity contribution in [2.75, 3.05) is 13.1 Å². The summed E-state index contributed by atoms with van der Waals surface area (Å²) >= 11 is 7.84. The average Bonchev–Trinajstić information content (AvgIpc) is 2.51. The van der Waals surface area contributed by atoms with Crippen molar-refractivity contribution < 1.29 is 14.6 Å². The van der Waals surface area contributed by atoms with Crippen LogP contribution in [0.3, 0.4) is 0 Å². The van der Waals surface area contributed by atoms with E-state index in [-0.39, 0.29) is 11.8 Å². The fourth-order valence-corrected chi connectivity index (χ4v) is 3.68. The van der Waals surface area contributed by atoms with E-state index >= 15 is 0 Å². The Bertz CT molecular complexity index is 538. The number of ether oxygens (including phenoxy) is 1. The smallest absolute Gasteiger partial charge is 0.410 e. The molecule has 2 rings (SSSR count). The van der Waals surface area contributed by atoms with Crippen molar-refractivity contribution in [3.63, 3.8) is 0 Å². The van der Waals surface area contributed by atoms with Gasteiger partial charge in [0.2, 0.25) is 0 Å². The van der Waals surface area contributed by atoms with Crippen LogP contribution >= 0.6 is 23.4 Å². The van der Waals surface area contributed by atoms with E-state index in [1.807, 2.05) is 40.7 Å². The van der Waals surface area contributed by atoms with Crippen molar-refractivity contribution >= 4 is 29.5 Å². The number of phenolic OH excluding ortho intramolecular Hbond substituents is 1. The number of benzene rings is 1. The second kappa shape index (κ2) is 9.42. The van der Waals surface area contributed by atoms with Gasteiger partial charge < -0.3 is 14.7 Å². The highest BCUT2D eigenvalue weighted by Crippen LogP contribution is 2.36. The third-order valence-corrected chi connectivity index (χ3v) is 5.14. The molecular weight excluding hydrogens is 346 g/mol. The molecule has 1 aromatic carbocycles. The number of halogens is 1. The SMILES string of the molecule is CC.CC(C)(C)OC(=O)N1CCC(Sc2ccc(O)cc2Cl)CC1. The van der Waals surface area contributed by atoms with E-state index in [2.05, 4.69) is 0 Å². The second-order valence-corrected chi connectivity index (χ2v) is 8.15. The van der Waals surface area contributed by atoms with Crippen molar-refractivity contribution in [2.45, 2.75) is 63.2 Å². The summed E-state index contributed by atoms with van der Waals surface area (Å²) in [7, 11) is 0. The van der Waals surface area contributed by atoms with Crippen LogP contribution < -0.4 is 0 Å². The number of phenols is 1. The highest BCUT2D eigenvalue weighted by Gasteiger charge is 2.27. The Labute approximate surface area is 154 Å². The van der Waals surface area contributed by atoms with Crippen LogP contribution in [0.25, 0.3) is 0 Å². The average molecular weight is 374 g/mol. The summed E-state index contributed by atoms with van der Waals surface area (Å²) in [4.78, 5) is 14.8. The Morgan fingerprint density at radius 3 is 2.38 bits per heavy atom. The fraction of sp³-hybridized carbons (Fsp3) is 0.611. The third kappa shape index (κ3) is 6.81. The van der Waals surface area contributed by atoms with E-state index < -0.39 is 5.60 Å². The number of rotatable bonds is 2. The Morgan fingerprint density at radius 2 is 1.88 bits per heavy atom. The third-order valence-electron chi connectivity index (χ3n) is 3.30. The maximum Gasteiger partial charge on any atom is 0.410 e. The standard InChI is InChI=1S/C16H22ClNO3S.C2H6/c1-16(2,3)21-15(20)18-8-6-12(7-9-18)22-14-5-4-11(19)10-13(14)17;1-2/h4-5,10,12,19H,6-9H2,1-3H3;1-2H3. The van der Waals surface area contributed by atoms with Gasteiger partial charge in [-0.25, -0.2) is 4.79 Å². The Kier molecular flexibility index (Phi) is 8.23. The summed E-state index contributed by atoms with van der Waals surface area (Å²) in [6, 6.07) is 5.03. The summed E-state index contributed by atoms with van der Waals surface area (Å²) in [6.45, 7) is 11.0. The molecule has 1 N–H and O–H groups in total. The molecule has 0 aliphatic carbocycles. The summed E-state index contributed by atoms with van der Waals surface area (Å²) in [5.41, 5.74) is -0.456. The number of hydrogen-bond donors (Lipinski definition) is 1. The minimum absolute atomic E-state index is 0.175. The number of nitrogens with zero attached hydrogens (tertiary/aromatic N) is 1. The van der Waals surface area contributed by atoms with Crippen LogP contribution in [0.15, 0.2) is 23.1 Å². The van der Waals surface area contributed by atoms with Crippen LogP contribution in [-0.4, -0.2) is 40.0 Å². The number of aromatic hydroxyl groups is 1. The van der Waals surface area contributed by atoms with Gasteiger partial charge >= 0.3 is 6.09 Å². The predicted molar refractivity (Wildman–Crippen MR) is 101 cm³/mol. The molecule has 0 saturated carbocycles. The van der Waals surface area contributed by atoms with E-state index in [9.17, 15) is 9.90 Å². The molecule has 1 aliphatic heterocycles. The largest absolute Gasteiger partial charge is 0.508 e. The van der Waals surface area contributed by atoms with E-state index in [0.29, 0.717) is 23.4 Å². The molecule has 0 atom stereocenters. The number of likely N-dealkylation sites (tertiary alicyclic amines) is 1. The van der Waals surface area contributed by atoms with Crippen LogP contribution in [0.2, 0.25) is 5.02 Å². The molecule has 1 saturated heterocycles. The first-order valence-electron chi connectivity index (χ1n) is 8.38. The lowest BCUT2D eigenvalue weighted by molar-refractivity contribution is 0.0219. The molecule has 1 fully saturated rings. The van der Waals surface area contributed by atoms with Gasteiger partial charge in [-0.05, 0) is 51.8 Å². The van der Waals surface area contributed by atoms with Crippen molar-refractivity contribution in [3.8, 4) is 5.75 Å². The molecule has 0 bridgehead atoms. The Hall–Kier alpha value is -1.07. The van der Waals surface area contributed by atoms with Crippen LogP contribution in [0, 0.1) is 0 Å². The molecule has 24 heavy (non-hydrogen) atoms. The maximum atomic E-state index is 12.0. The normalized spacial score (nSPS) is 15.5. The van der Waals surface area contributed by atoms with Gasteiger partial charge in [-0.1, -0.05) is 25.4 Å². The molecule has 0 spiro atoms. The maximum absolute atomic E-state index is 12.0. The first-order valence-corrected chi connectivity index (χ1v) is 9.63. The van der Waals surface area contributed by atoms with Gasteiger partial charge in [0.1, 0.15) is 11.4 Å². The molecule has 6 heteroatoms. The van der Waals surface area contributed by atoms with Crippen LogP contribution in [0.4, 0.5) is 4.79 Å². The Morgan fingerprint density at radius 1 is 1.29 bits per heavy atom. The molecule has 1 aromatic rings. The fourth-order valence-electron chi connectivity index (χ4n) is 2.25. The quantitative estimate of drug-likeness (QED) is 0.736. The molecule has 136 valence electrons. The number of carbonyl (C=O) groups is 1. The van der Waals surface area contributed by atoms with Gasteiger partial charge in [0, 0.05) is 23.2 Å². The van der Waals surface area contributed by atoms with Gasteiger partial charge in [-0.3, -0.25) is 0 Å². The van der Waals surface area contributed by atoms with Gasteiger partial charge in [-0.15, -0.1) is 11.8 Å². The molecular formula is C18H28ClNO3S. The van der Waals surface area contributed by atoms with Crippen LogP contribution in [-0.2, 0) is 4.74 Å². The zero-order valence-corrected chi connectivity index (χ0v) is 16.7.